The third-order valence-corrected chi connectivity index (χ3v) is 6.55. The highest BCUT2D eigenvalue weighted by molar-refractivity contribution is 7.84. The Labute approximate surface area is 148 Å². The monoisotopic (exact) mass is 347 g/mol. The lowest BCUT2D eigenvalue weighted by Crippen LogP contribution is -2.50. The summed E-state index contributed by atoms with van der Waals surface area (Å²) in [6.45, 7) is 6.90. The summed E-state index contributed by atoms with van der Waals surface area (Å²) in [6.07, 6.45) is 8.59. The zero-order chi connectivity index (χ0) is 17.2. The van der Waals surface area contributed by atoms with Crippen LogP contribution in [0.4, 0.5) is 0 Å². The normalized spacial score (nSPS) is 23.8. The second-order valence-electron chi connectivity index (χ2n) is 7.87. The summed E-state index contributed by atoms with van der Waals surface area (Å²) in [7, 11) is -1.06. The molecule has 3 rings (SSSR count). The molecule has 0 aromatic heterocycles. The fourth-order valence-corrected chi connectivity index (χ4v) is 4.85. The molecule has 1 aliphatic carbocycles. The van der Waals surface area contributed by atoms with Crippen LogP contribution in [-0.4, -0.2) is 25.4 Å². The molecule has 24 heavy (non-hydrogen) atoms. The van der Waals surface area contributed by atoms with Gasteiger partial charge in [-0.15, -0.1) is 0 Å². The third-order valence-electron chi connectivity index (χ3n) is 4.70. The van der Waals surface area contributed by atoms with Gasteiger partial charge in [-0.2, -0.15) is 0 Å². The smallest absolute Gasteiger partial charge is 0.115 e. The molecule has 3 atom stereocenters. The minimum atomic E-state index is -1.06. The molecule has 1 heterocycles. The standard InChI is InChI=1S/C20H29NO2S/c1-20(2,3)24(22)21(15-16-9-5-4-6-10-16)19(17-12-13-17)18-11-7-8-14-23-18/h4-6,8-10,14,17-19H,7,11-13,15H2,1-3H3/t18-,19?,24?/m0/s1. The third kappa shape index (κ3) is 4.28. The van der Waals surface area contributed by atoms with Crippen LogP contribution in [0.3, 0.4) is 0 Å². The lowest BCUT2D eigenvalue weighted by molar-refractivity contribution is 0.0458. The second-order valence-corrected chi connectivity index (χ2v) is 10.1. The van der Waals surface area contributed by atoms with Crippen molar-refractivity contribution in [2.24, 2.45) is 5.92 Å². The predicted octanol–water partition coefficient (Wildman–Crippen LogP) is 4.42. The van der Waals surface area contributed by atoms with E-state index in [-0.39, 0.29) is 16.9 Å². The van der Waals surface area contributed by atoms with Crippen LogP contribution >= 0.6 is 0 Å². The fraction of sp³-hybridized carbons (Fsp3) is 0.600. The molecular weight excluding hydrogens is 318 g/mol. The van der Waals surface area contributed by atoms with Gasteiger partial charge in [-0.25, -0.2) is 8.51 Å². The van der Waals surface area contributed by atoms with Crippen LogP contribution in [0.15, 0.2) is 42.7 Å². The second kappa shape index (κ2) is 7.40. The summed E-state index contributed by atoms with van der Waals surface area (Å²) in [6, 6.07) is 10.6. The van der Waals surface area contributed by atoms with Crippen LogP contribution < -0.4 is 0 Å². The molecule has 0 saturated heterocycles. The average Bonchev–Trinajstić information content (AvgIpc) is 3.39. The number of benzene rings is 1. The molecule has 3 nitrogen and oxygen atoms in total. The van der Waals surface area contributed by atoms with Gasteiger partial charge < -0.3 is 4.74 Å². The zero-order valence-electron chi connectivity index (χ0n) is 15.0. The number of hydrogen-bond acceptors (Lipinski definition) is 2. The molecule has 1 aromatic carbocycles. The summed E-state index contributed by atoms with van der Waals surface area (Å²) >= 11 is 0. The van der Waals surface area contributed by atoms with Gasteiger partial charge in [0.15, 0.2) is 0 Å². The van der Waals surface area contributed by atoms with Gasteiger partial charge in [0.05, 0.1) is 17.1 Å². The van der Waals surface area contributed by atoms with Crippen molar-refractivity contribution < 1.29 is 8.95 Å². The minimum Gasteiger partial charge on any atom is -0.497 e. The molecule has 0 bridgehead atoms. The Morgan fingerprint density at radius 3 is 2.46 bits per heavy atom. The van der Waals surface area contributed by atoms with Crippen LogP contribution in [0, 0.1) is 5.92 Å². The van der Waals surface area contributed by atoms with Gasteiger partial charge in [0.25, 0.3) is 0 Å². The molecule has 1 fully saturated rings. The minimum absolute atomic E-state index is 0.150. The Morgan fingerprint density at radius 2 is 1.92 bits per heavy atom. The van der Waals surface area contributed by atoms with Gasteiger partial charge in [-0.1, -0.05) is 30.3 Å². The molecule has 2 aliphatic rings. The molecule has 0 amide bonds. The van der Waals surface area contributed by atoms with Crippen molar-refractivity contribution in [1.29, 1.82) is 0 Å². The lowest BCUT2D eigenvalue weighted by Gasteiger charge is -2.39. The largest absolute Gasteiger partial charge is 0.497 e. The van der Waals surface area contributed by atoms with E-state index in [9.17, 15) is 4.21 Å². The summed E-state index contributed by atoms with van der Waals surface area (Å²) in [5, 5.41) is 0. The number of ether oxygens (including phenoxy) is 1. The molecule has 132 valence electrons. The first-order chi connectivity index (χ1) is 11.5. The predicted molar refractivity (Wildman–Crippen MR) is 99.6 cm³/mol. The van der Waals surface area contributed by atoms with Gasteiger partial charge in [0.2, 0.25) is 0 Å². The van der Waals surface area contributed by atoms with E-state index >= 15 is 0 Å². The molecule has 0 N–H and O–H groups in total. The van der Waals surface area contributed by atoms with E-state index in [1.54, 1.807) is 0 Å². The van der Waals surface area contributed by atoms with Crippen LogP contribution in [0.25, 0.3) is 0 Å². The zero-order valence-corrected chi connectivity index (χ0v) is 15.8. The van der Waals surface area contributed by atoms with E-state index in [2.05, 4.69) is 55.4 Å². The van der Waals surface area contributed by atoms with E-state index in [1.807, 2.05) is 12.3 Å². The molecule has 4 heteroatoms. The first-order valence-corrected chi connectivity index (χ1v) is 10.1. The van der Waals surface area contributed by atoms with E-state index in [4.69, 9.17) is 4.74 Å². The Morgan fingerprint density at radius 1 is 1.21 bits per heavy atom. The van der Waals surface area contributed by atoms with Crippen molar-refractivity contribution >= 4 is 11.0 Å². The highest BCUT2D eigenvalue weighted by atomic mass is 32.2. The Kier molecular flexibility index (Phi) is 5.46. The Hall–Kier alpha value is -1.13. The van der Waals surface area contributed by atoms with E-state index < -0.39 is 11.0 Å². The lowest BCUT2D eigenvalue weighted by atomic mass is 9.99. The molecule has 0 radical (unpaired) electrons. The number of nitrogens with zero attached hydrogens (tertiary/aromatic N) is 1. The van der Waals surface area contributed by atoms with Crippen LogP contribution in [-0.2, 0) is 22.3 Å². The topological polar surface area (TPSA) is 29.5 Å². The SMILES string of the molecule is CC(C)(C)S(=O)N(Cc1ccccc1)C(C1CC1)[C@@H]1CCC=CO1. The highest BCUT2D eigenvalue weighted by Gasteiger charge is 2.45. The summed E-state index contributed by atoms with van der Waals surface area (Å²) in [5.74, 6) is 0.608. The molecule has 2 unspecified atom stereocenters. The molecule has 0 spiro atoms. The van der Waals surface area contributed by atoms with Crippen molar-refractivity contribution in [1.82, 2.24) is 4.31 Å². The van der Waals surface area contributed by atoms with Gasteiger partial charge >= 0.3 is 0 Å². The first-order valence-electron chi connectivity index (χ1n) is 9.00. The van der Waals surface area contributed by atoms with E-state index in [1.165, 1.54) is 18.4 Å². The van der Waals surface area contributed by atoms with Crippen LogP contribution in [0.1, 0.15) is 52.0 Å². The van der Waals surface area contributed by atoms with E-state index in [0.29, 0.717) is 5.92 Å². The maximum Gasteiger partial charge on any atom is 0.115 e. The van der Waals surface area contributed by atoms with Gasteiger partial charge in [0, 0.05) is 6.54 Å². The van der Waals surface area contributed by atoms with E-state index in [0.717, 1.165) is 19.4 Å². The Balaban J connectivity index is 1.88. The summed E-state index contributed by atoms with van der Waals surface area (Å²) in [4.78, 5) is 0. The first kappa shape index (κ1) is 17.7. The van der Waals surface area contributed by atoms with Gasteiger partial charge in [0.1, 0.15) is 17.1 Å². The van der Waals surface area contributed by atoms with Gasteiger partial charge in [-0.05, 0) is 64.0 Å². The molecule has 1 aromatic rings. The van der Waals surface area contributed by atoms with Crippen molar-refractivity contribution in [3.05, 3.63) is 48.2 Å². The van der Waals surface area contributed by atoms with Crippen molar-refractivity contribution in [2.45, 2.75) is 69.9 Å². The number of allylic oxidation sites excluding steroid dienone is 1. The molecular formula is C20H29NO2S. The fourth-order valence-electron chi connectivity index (χ4n) is 3.36. The number of hydrogen-bond donors (Lipinski definition) is 0. The quantitative estimate of drug-likeness (QED) is 0.762. The molecule has 1 aliphatic heterocycles. The maximum absolute atomic E-state index is 13.3. The van der Waals surface area contributed by atoms with Crippen LogP contribution in [0.2, 0.25) is 0 Å². The van der Waals surface area contributed by atoms with Crippen molar-refractivity contribution in [3.8, 4) is 0 Å². The summed E-state index contributed by atoms with van der Waals surface area (Å²) in [5.41, 5.74) is 1.21. The highest BCUT2D eigenvalue weighted by Crippen LogP contribution is 2.41. The summed E-state index contributed by atoms with van der Waals surface area (Å²) < 4.78 is 21.3. The maximum atomic E-state index is 13.3. The number of rotatable bonds is 6. The van der Waals surface area contributed by atoms with Crippen LogP contribution in [0.5, 0.6) is 0 Å². The van der Waals surface area contributed by atoms with Crippen molar-refractivity contribution in [2.75, 3.05) is 0 Å². The van der Waals surface area contributed by atoms with Crippen molar-refractivity contribution in [3.63, 3.8) is 0 Å². The average molecular weight is 348 g/mol. The Bertz CT molecular complexity index is 589. The molecule has 1 saturated carbocycles. The van der Waals surface area contributed by atoms with Gasteiger partial charge in [-0.3, -0.25) is 0 Å².